The van der Waals surface area contributed by atoms with Crippen molar-refractivity contribution in [3.8, 4) is 5.75 Å². The Morgan fingerprint density at radius 3 is 2.45 bits per heavy atom. The SMILES string of the molecule is O=C(COc1ccc(F)cc1Cl)Nc1ccccc1C(=O)NCc1ccccc1. The molecule has 0 aromatic heterocycles. The molecule has 0 aliphatic heterocycles. The van der Waals surface area contributed by atoms with E-state index in [2.05, 4.69) is 10.6 Å². The molecule has 2 N–H and O–H groups in total. The van der Waals surface area contributed by atoms with Gasteiger partial charge in [0.25, 0.3) is 11.8 Å². The van der Waals surface area contributed by atoms with Crippen LogP contribution in [-0.4, -0.2) is 18.4 Å². The van der Waals surface area contributed by atoms with Crippen LogP contribution in [0, 0.1) is 5.82 Å². The Bertz CT molecular complexity index is 1010. The summed E-state index contributed by atoms with van der Waals surface area (Å²) in [5.74, 6) is -1.10. The van der Waals surface area contributed by atoms with Crippen LogP contribution in [0.15, 0.2) is 72.8 Å². The molecule has 0 bridgehead atoms. The van der Waals surface area contributed by atoms with Crippen LogP contribution in [0.3, 0.4) is 0 Å². The number of halogens is 2. The smallest absolute Gasteiger partial charge is 0.262 e. The number of benzene rings is 3. The number of amides is 2. The second kappa shape index (κ2) is 9.71. The van der Waals surface area contributed by atoms with Crippen LogP contribution in [-0.2, 0) is 11.3 Å². The molecule has 0 radical (unpaired) electrons. The van der Waals surface area contributed by atoms with Gasteiger partial charge in [0.05, 0.1) is 16.3 Å². The molecule has 5 nitrogen and oxygen atoms in total. The zero-order valence-corrected chi connectivity index (χ0v) is 16.1. The van der Waals surface area contributed by atoms with Gasteiger partial charge in [0, 0.05) is 6.54 Å². The molecule has 3 rings (SSSR count). The summed E-state index contributed by atoms with van der Waals surface area (Å²) in [5, 5.41) is 5.54. The second-order valence-electron chi connectivity index (χ2n) is 6.13. The van der Waals surface area contributed by atoms with Crippen LogP contribution in [0.25, 0.3) is 0 Å². The summed E-state index contributed by atoms with van der Waals surface area (Å²) in [6.45, 7) is 0.0272. The molecule has 0 aliphatic rings. The summed E-state index contributed by atoms with van der Waals surface area (Å²) in [7, 11) is 0. The number of rotatable bonds is 7. The maximum atomic E-state index is 13.1. The number of ether oxygens (including phenoxy) is 1. The minimum Gasteiger partial charge on any atom is -0.482 e. The van der Waals surface area contributed by atoms with Gasteiger partial charge in [0.2, 0.25) is 0 Å². The maximum absolute atomic E-state index is 13.1. The first-order chi connectivity index (χ1) is 14.0. The van der Waals surface area contributed by atoms with Crippen molar-refractivity contribution in [1.82, 2.24) is 5.32 Å². The first kappa shape index (κ1) is 20.4. The highest BCUT2D eigenvalue weighted by atomic mass is 35.5. The summed E-state index contributed by atoms with van der Waals surface area (Å²) >= 11 is 5.88. The summed E-state index contributed by atoms with van der Waals surface area (Å²) < 4.78 is 18.4. The van der Waals surface area contributed by atoms with Gasteiger partial charge in [-0.3, -0.25) is 9.59 Å². The lowest BCUT2D eigenvalue weighted by molar-refractivity contribution is -0.118. The van der Waals surface area contributed by atoms with Crippen molar-refractivity contribution in [2.75, 3.05) is 11.9 Å². The van der Waals surface area contributed by atoms with Gasteiger partial charge >= 0.3 is 0 Å². The molecule has 3 aromatic rings. The van der Waals surface area contributed by atoms with Crippen LogP contribution >= 0.6 is 11.6 Å². The Balaban J connectivity index is 1.60. The van der Waals surface area contributed by atoms with Crippen LogP contribution in [0.5, 0.6) is 5.75 Å². The van der Waals surface area contributed by atoms with Gasteiger partial charge in [-0.05, 0) is 35.9 Å². The molecular weight excluding hydrogens is 395 g/mol. The van der Waals surface area contributed by atoms with E-state index in [1.165, 1.54) is 12.1 Å². The Morgan fingerprint density at radius 1 is 0.966 bits per heavy atom. The summed E-state index contributed by atoms with van der Waals surface area (Å²) in [6.07, 6.45) is 0. The average molecular weight is 413 g/mol. The molecule has 0 unspecified atom stereocenters. The lowest BCUT2D eigenvalue weighted by Gasteiger charge is -2.12. The van der Waals surface area contributed by atoms with Gasteiger partial charge in [-0.1, -0.05) is 54.1 Å². The van der Waals surface area contributed by atoms with E-state index in [0.717, 1.165) is 11.6 Å². The molecule has 0 fully saturated rings. The molecule has 0 saturated carbocycles. The van der Waals surface area contributed by atoms with E-state index in [-0.39, 0.29) is 23.3 Å². The fourth-order valence-electron chi connectivity index (χ4n) is 2.59. The molecule has 0 saturated heterocycles. The maximum Gasteiger partial charge on any atom is 0.262 e. The molecule has 0 spiro atoms. The number of carbonyl (C=O) groups excluding carboxylic acids is 2. The van der Waals surface area contributed by atoms with Crippen molar-refractivity contribution in [2.45, 2.75) is 6.54 Å². The first-order valence-corrected chi connectivity index (χ1v) is 9.19. The normalized spacial score (nSPS) is 10.3. The zero-order chi connectivity index (χ0) is 20.6. The third kappa shape index (κ3) is 5.80. The van der Waals surface area contributed by atoms with Crippen LogP contribution in [0.2, 0.25) is 5.02 Å². The number of hydrogen-bond donors (Lipinski definition) is 2. The third-order valence-electron chi connectivity index (χ3n) is 3.99. The van der Waals surface area contributed by atoms with Crippen LogP contribution in [0.4, 0.5) is 10.1 Å². The Kier molecular flexibility index (Phi) is 6.81. The van der Waals surface area contributed by atoms with Gasteiger partial charge in [-0.15, -0.1) is 0 Å². The molecule has 0 heterocycles. The highest BCUT2D eigenvalue weighted by Gasteiger charge is 2.14. The van der Waals surface area contributed by atoms with Gasteiger partial charge < -0.3 is 15.4 Å². The molecule has 3 aromatic carbocycles. The Hall–Kier alpha value is -3.38. The fourth-order valence-corrected chi connectivity index (χ4v) is 2.81. The van der Waals surface area contributed by atoms with Crippen molar-refractivity contribution in [3.05, 3.63) is 94.8 Å². The quantitative estimate of drug-likeness (QED) is 0.603. The number of anilines is 1. The van der Waals surface area contributed by atoms with Gasteiger partial charge in [-0.2, -0.15) is 0 Å². The van der Waals surface area contributed by atoms with Crippen molar-refractivity contribution in [1.29, 1.82) is 0 Å². The zero-order valence-electron chi connectivity index (χ0n) is 15.3. The molecule has 7 heteroatoms. The topological polar surface area (TPSA) is 67.4 Å². The van der Waals surface area contributed by atoms with E-state index < -0.39 is 11.7 Å². The van der Waals surface area contributed by atoms with E-state index in [4.69, 9.17) is 16.3 Å². The number of hydrogen-bond acceptors (Lipinski definition) is 3. The standard InChI is InChI=1S/C22H18ClFN2O3/c23-18-12-16(24)10-11-20(18)29-14-21(27)26-19-9-5-4-8-17(19)22(28)25-13-15-6-2-1-3-7-15/h1-12H,13-14H2,(H,25,28)(H,26,27). The van der Waals surface area contributed by atoms with Gasteiger partial charge in [-0.25, -0.2) is 4.39 Å². The fraction of sp³-hybridized carbons (Fsp3) is 0.0909. The largest absolute Gasteiger partial charge is 0.482 e. The van der Waals surface area contributed by atoms with Gasteiger partial charge in [0.1, 0.15) is 11.6 Å². The molecule has 0 aliphatic carbocycles. The van der Waals surface area contributed by atoms with Crippen LogP contribution < -0.4 is 15.4 Å². The number of carbonyl (C=O) groups is 2. The van der Waals surface area contributed by atoms with E-state index in [1.54, 1.807) is 24.3 Å². The Morgan fingerprint density at radius 2 is 1.69 bits per heavy atom. The summed E-state index contributed by atoms with van der Waals surface area (Å²) in [6, 6.07) is 19.8. The van der Waals surface area contributed by atoms with E-state index in [9.17, 15) is 14.0 Å². The molecule has 0 atom stereocenters. The first-order valence-electron chi connectivity index (χ1n) is 8.82. The number of nitrogens with one attached hydrogen (secondary N) is 2. The van der Waals surface area contributed by atoms with Crippen molar-refractivity contribution in [3.63, 3.8) is 0 Å². The lowest BCUT2D eigenvalue weighted by Crippen LogP contribution is -2.26. The van der Waals surface area contributed by atoms with Crippen molar-refractivity contribution >= 4 is 29.1 Å². The Labute approximate surface area is 172 Å². The lowest BCUT2D eigenvalue weighted by atomic mass is 10.1. The van der Waals surface area contributed by atoms with Gasteiger partial charge in [0.15, 0.2) is 6.61 Å². The minimum absolute atomic E-state index is 0.0680. The molecular formula is C22H18ClFN2O3. The molecule has 148 valence electrons. The van der Waals surface area contributed by atoms with Crippen molar-refractivity contribution in [2.24, 2.45) is 0 Å². The summed E-state index contributed by atoms with van der Waals surface area (Å²) in [4.78, 5) is 24.8. The highest BCUT2D eigenvalue weighted by molar-refractivity contribution is 6.32. The highest BCUT2D eigenvalue weighted by Crippen LogP contribution is 2.25. The predicted molar refractivity (Wildman–Crippen MR) is 110 cm³/mol. The van der Waals surface area contributed by atoms with Crippen LogP contribution in [0.1, 0.15) is 15.9 Å². The predicted octanol–water partition coefficient (Wildman–Crippen LogP) is 4.43. The van der Waals surface area contributed by atoms with E-state index >= 15 is 0 Å². The number of para-hydroxylation sites is 1. The van der Waals surface area contributed by atoms with E-state index in [0.29, 0.717) is 17.8 Å². The molecule has 29 heavy (non-hydrogen) atoms. The minimum atomic E-state index is -0.498. The average Bonchev–Trinajstić information content (AvgIpc) is 2.72. The third-order valence-corrected chi connectivity index (χ3v) is 4.29. The van der Waals surface area contributed by atoms with Crippen molar-refractivity contribution < 1.29 is 18.7 Å². The molecule has 2 amide bonds. The summed E-state index contributed by atoms with van der Waals surface area (Å²) in [5.41, 5.74) is 1.65. The van der Waals surface area contributed by atoms with E-state index in [1.807, 2.05) is 30.3 Å². The second-order valence-corrected chi connectivity index (χ2v) is 6.53. The monoisotopic (exact) mass is 412 g/mol.